The van der Waals surface area contributed by atoms with Gasteiger partial charge in [0.2, 0.25) is 11.8 Å². The van der Waals surface area contributed by atoms with Crippen LogP contribution in [0.25, 0.3) is 0 Å². The van der Waals surface area contributed by atoms with E-state index >= 15 is 0 Å². The van der Waals surface area contributed by atoms with Crippen LogP contribution >= 0.6 is 0 Å². The largest absolute Gasteiger partial charge is 0.494 e. The van der Waals surface area contributed by atoms with Gasteiger partial charge in [0.05, 0.1) is 17.7 Å². The fourth-order valence-corrected chi connectivity index (χ4v) is 4.14. The summed E-state index contributed by atoms with van der Waals surface area (Å²) >= 11 is 0. The van der Waals surface area contributed by atoms with E-state index in [1.165, 1.54) is 5.01 Å². The van der Waals surface area contributed by atoms with Gasteiger partial charge in [0.1, 0.15) is 6.17 Å². The Hall–Kier alpha value is -3.14. The normalized spacial score (nSPS) is 23.9. The zero-order chi connectivity index (χ0) is 23.0. The number of pyridine rings is 1. The van der Waals surface area contributed by atoms with Crippen molar-refractivity contribution in [3.05, 3.63) is 41.5 Å². The highest BCUT2D eigenvalue weighted by Crippen LogP contribution is 2.32. The van der Waals surface area contributed by atoms with Crippen molar-refractivity contribution in [3.8, 4) is 0 Å². The van der Waals surface area contributed by atoms with E-state index in [1.54, 1.807) is 17.2 Å². The van der Waals surface area contributed by atoms with Crippen LogP contribution in [0.2, 0.25) is 0 Å². The minimum atomic E-state index is -0.738. The van der Waals surface area contributed by atoms with E-state index in [0.29, 0.717) is 6.54 Å². The molecule has 0 spiro atoms. The van der Waals surface area contributed by atoms with Crippen LogP contribution in [0, 0.1) is 11.8 Å². The van der Waals surface area contributed by atoms with Crippen molar-refractivity contribution < 1.29 is 19.5 Å². The molecule has 0 aromatic carbocycles. The molecule has 4 rings (SSSR count). The molecule has 32 heavy (non-hydrogen) atoms. The molecule has 10 heteroatoms. The molecule has 10 nitrogen and oxygen atoms in total. The highest BCUT2D eigenvalue weighted by Gasteiger charge is 2.52. The molecule has 1 aromatic heterocycles. The SMILES string of the molecule is CC(C)CN1C(O)=C(C(=O)NC2CC2)C(=O)N2NCC(C(=O)N[C@H](C)c3ccccn3)C12. The molecule has 0 bridgehead atoms. The van der Waals surface area contributed by atoms with E-state index < -0.39 is 23.9 Å². The Kier molecular flexibility index (Phi) is 6.05. The highest BCUT2D eigenvalue weighted by molar-refractivity contribution is 6.19. The van der Waals surface area contributed by atoms with Crippen molar-refractivity contribution in [2.75, 3.05) is 13.1 Å². The number of aromatic nitrogens is 1. The second-order valence-electron chi connectivity index (χ2n) is 9.03. The zero-order valence-corrected chi connectivity index (χ0v) is 18.5. The summed E-state index contributed by atoms with van der Waals surface area (Å²) in [5.41, 5.74) is 3.41. The molecular weight excluding hydrogens is 412 g/mol. The number of rotatable bonds is 7. The number of nitrogens with zero attached hydrogens (tertiary/aromatic N) is 3. The number of hydrogen-bond donors (Lipinski definition) is 4. The fraction of sp³-hybridized carbons (Fsp3) is 0.545. The van der Waals surface area contributed by atoms with Gasteiger partial charge in [-0.25, -0.2) is 10.4 Å². The molecule has 3 amide bonds. The van der Waals surface area contributed by atoms with Gasteiger partial charge in [-0.2, -0.15) is 0 Å². The first kappa shape index (κ1) is 22.1. The Labute approximate surface area is 187 Å². The maximum atomic E-state index is 13.2. The standard InChI is InChI=1S/C22H30N6O4/c1-12(2)11-27-20-15(18(29)25-13(3)16-6-4-5-9-23-16)10-24-28(20)22(32)17(21(27)31)19(30)26-14-7-8-14/h4-6,9,12-15,20,24,31H,7-8,10-11H2,1-3H3,(H,25,29)(H,26,30)/t13-,15?,20?/m1/s1. The van der Waals surface area contributed by atoms with Gasteiger partial charge in [-0.3, -0.25) is 19.4 Å². The monoisotopic (exact) mass is 442 g/mol. The average molecular weight is 443 g/mol. The van der Waals surface area contributed by atoms with Gasteiger partial charge < -0.3 is 20.6 Å². The van der Waals surface area contributed by atoms with Gasteiger partial charge in [-0.15, -0.1) is 0 Å². The van der Waals surface area contributed by atoms with Gasteiger partial charge in [-0.05, 0) is 37.8 Å². The number of fused-ring (bicyclic) bond motifs is 1. The van der Waals surface area contributed by atoms with Gasteiger partial charge in [0.25, 0.3) is 11.8 Å². The van der Waals surface area contributed by atoms with Crippen molar-refractivity contribution in [1.29, 1.82) is 0 Å². The van der Waals surface area contributed by atoms with Crippen LogP contribution in [0.1, 0.15) is 45.3 Å². The van der Waals surface area contributed by atoms with Crippen molar-refractivity contribution in [3.63, 3.8) is 0 Å². The van der Waals surface area contributed by atoms with Crippen LogP contribution in [0.5, 0.6) is 0 Å². The predicted molar refractivity (Wildman–Crippen MR) is 115 cm³/mol. The Morgan fingerprint density at radius 2 is 2.03 bits per heavy atom. The van der Waals surface area contributed by atoms with E-state index in [-0.39, 0.29) is 41.9 Å². The molecular formula is C22H30N6O4. The number of aliphatic hydroxyl groups excluding tert-OH is 1. The first-order valence-electron chi connectivity index (χ1n) is 11.1. The topological polar surface area (TPSA) is 127 Å². The number of carbonyl (C=O) groups excluding carboxylic acids is 3. The first-order valence-corrected chi connectivity index (χ1v) is 11.1. The van der Waals surface area contributed by atoms with Crippen LogP contribution < -0.4 is 16.1 Å². The van der Waals surface area contributed by atoms with Gasteiger partial charge in [-0.1, -0.05) is 19.9 Å². The van der Waals surface area contributed by atoms with Crippen LogP contribution in [-0.2, 0) is 14.4 Å². The minimum absolute atomic E-state index is 0.0463. The molecule has 0 radical (unpaired) electrons. The van der Waals surface area contributed by atoms with Gasteiger partial charge >= 0.3 is 0 Å². The molecule has 2 unspecified atom stereocenters. The van der Waals surface area contributed by atoms with E-state index in [0.717, 1.165) is 18.5 Å². The third-order valence-electron chi connectivity index (χ3n) is 5.88. The molecule has 1 saturated carbocycles. The third-order valence-corrected chi connectivity index (χ3v) is 5.88. The lowest BCUT2D eigenvalue weighted by molar-refractivity contribution is -0.144. The summed E-state index contributed by atoms with van der Waals surface area (Å²) in [6.07, 6.45) is 2.66. The molecule has 1 aromatic rings. The van der Waals surface area contributed by atoms with Crippen LogP contribution in [0.4, 0.5) is 0 Å². The second kappa shape index (κ2) is 8.78. The summed E-state index contributed by atoms with van der Waals surface area (Å²) in [4.78, 5) is 44.9. The Morgan fingerprint density at radius 1 is 1.28 bits per heavy atom. The summed E-state index contributed by atoms with van der Waals surface area (Å²) in [5, 5.41) is 18.0. The summed E-state index contributed by atoms with van der Waals surface area (Å²) in [6.45, 7) is 6.37. The van der Waals surface area contributed by atoms with Crippen LogP contribution in [0.15, 0.2) is 35.9 Å². The van der Waals surface area contributed by atoms with Gasteiger partial charge in [0.15, 0.2) is 5.57 Å². The summed E-state index contributed by atoms with van der Waals surface area (Å²) in [5.74, 6) is -2.36. The van der Waals surface area contributed by atoms with Crippen LogP contribution in [-0.4, -0.2) is 63.0 Å². The fourth-order valence-electron chi connectivity index (χ4n) is 4.14. The lowest BCUT2D eigenvalue weighted by Gasteiger charge is -2.42. The Morgan fingerprint density at radius 3 is 2.66 bits per heavy atom. The average Bonchev–Trinajstić information content (AvgIpc) is 3.45. The quantitative estimate of drug-likeness (QED) is 0.455. The molecule has 2 fully saturated rings. The van der Waals surface area contributed by atoms with Crippen molar-refractivity contribution in [1.82, 2.24) is 31.0 Å². The third kappa shape index (κ3) is 4.27. The number of hydrazine groups is 1. The van der Waals surface area contributed by atoms with E-state index in [9.17, 15) is 19.5 Å². The van der Waals surface area contributed by atoms with Crippen molar-refractivity contribution in [2.24, 2.45) is 11.8 Å². The van der Waals surface area contributed by atoms with Crippen molar-refractivity contribution >= 4 is 17.7 Å². The minimum Gasteiger partial charge on any atom is -0.494 e. The maximum absolute atomic E-state index is 13.2. The lowest BCUT2D eigenvalue weighted by atomic mass is 10.00. The molecule has 3 aliphatic rings. The lowest BCUT2D eigenvalue weighted by Crippen LogP contribution is -2.60. The van der Waals surface area contributed by atoms with E-state index in [2.05, 4.69) is 21.0 Å². The first-order chi connectivity index (χ1) is 15.3. The molecule has 3 atom stereocenters. The molecule has 3 heterocycles. The number of nitrogens with one attached hydrogen (secondary N) is 3. The number of aliphatic hydroxyl groups is 1. The number of amides is 3. The van der Waals surface area contributed by atoms with E-state index in [4.69, 9.17) is 0 Å². The number of carbonyl (C=O) groups is 3. The molecule has 2 aliphatic heterocycles. The smallest absolute Gasteiger partial charge is 0.280 e. The zero-order valence-electron chi connectivity index (χ0n) is 18.5. The van der Waals surface area contributed by atoms with Crippen molar-refractivity contribution in [2.45, 2.75) is 51.9 Å². The molecule has 1 aliphatic carbocycles. The predicted octanol–water partition coefficient (Wildman–Crippen LogP) is 0.568. The van der Waals surface area contributed by atoms with Crippen LogP contribution in [0.3, 0.4) is 0 Å². The summed E-state index contributed by atoms with van der Waals surface area (Å²) < 4.78 is 0. The second-order valence-corrected chi connectivity index (χ2v) is 9.03. The molecule has 1 saturated heterocycles. The highest BCUT2D eigenvalue weighted by atomic mass is 16.3. The Balaban J connectivity index is 1.59. The summed E-state index contributed by atoms with van der Waals surface area (Å²) in [7, 11) is 0. The molecule has 4 N–H and O–H groups in total. The van der Waals surface area contributed by atoms with Gasteiger partial charge in [0, 0.05) is 25.3 Å². The van der Waals surface area contributed by atoms with E-state index in [1.807, 2.05) is 32.9 Å². The maximum Gasteiger partial charge on any atom is 0.280 e. The molecule has 172 valence electrons. The summed E-state index contributed by atoms with van der Waals surface area (Å²) in [6, 6.07) is 5.22. The Bertz CT molecular complexity index is 930. The number of hydrogen-bond acceptors (Lipinski definition) is 7.